The van der Waals surface area contributed by atoms with Crippen molar-refractivity contribution in [3.05, 3.63) is 0 Å². The van der Waals surface area contributed by atoms with E-state index in [0.717, 1.165) is 25.8 Å². The van der Waals surface area contributed by atoms with Crippen LogP contribution in [0.5, 0.6) is 0 Å². The number of hydrogen-bond acceptors (Lipinski definition) is 1. The SMILES string of the molecule is CCCCCCCCCCC.O=C1CCCCCN1. The lowest BCUT2D eigenvalue weighted by Gasteiger charge is -1.98. The van der Waals surface area contributed by atoms with Crippen LogP contribution in [-0.4, -0.2) is 12.5 Å². The number of rotatable bonds is 8. The Balaban J connectivity index is 0.000000356. The molecular formula is C17H35NO. The van der Waals surface area contributed by atoms with Crippen LogP contribution in [-0.2, 0) is 4.79 Å². The average Bonchev–Trinajstić information content (AvgIpc) is 2.66. The van der Waals surface area contributed by atoms with Gasteiger partial charge >= 0.3 is 0 Å². The van der Waals surface area contributed by atoms with Gasteiger partial charge in [0.15, 0.2) is 0 Å². The highest BCUT2D eigenvalue weighted by Gasteiger charge is 2.03. The number of hydrogen-bond donors (Lipinski definition) is 1. The summed E-state index contributed by atoms with van der Waals surface area (Å²) in [5, 5.41) is 2.81. The summed E-state index contributed by atoms with van der Waals surface area (Å²) in [7, 11) is 0. The van der Waals surface area contributed by atoms with Crippen LogP contribution >= 0.6 is 0 Å². The van der Waals surface area contributed by atoms with Crippen molar-refractivity contribution in [3.8, 4) is 0 Å². The summed E-state index contributed by atoms with van der Waals surface area (Å²) in [5.74, 6) is 0.225. The molecule has 1 N–H and O–H groups in total. The molecule has 0 aromatic heterocycles. The van der Waals surface area contributed by atoms with Gasteiger partial charge in [0.05, 0.1) is 0 Å². The molecular weight excluding hydrogens is 234 g/mol. The molecule has 1 aliphatic rings. The first-order valence-electron chi connectivity index (χ1n) is 8.58. The largest absolute Gasteiger partial charge is 0.356 e. The molecule has 2 heteroatoms. The van der Waals surface area contributed by atoms with Crippen LogP contribution in [0.2, 0.25) is 0 Å². The molecule has 1 fully saturated rings. The maximum absolute atomic E-state index is 10.6. The van der Waals surface area contributed by atoms with Crippen LogP contribution in [0.3, 0.4) is 0 Å². The third kappa shape index (κ3) is 15.4. The van der Waals surface area contributed by atoms with Crippen molar-refractivity contribution < 1.29 is 4.79 Å². The average molecular weight is 269 g/mol. The molecule has 0 bridgehead atoms. The summed E-state index contributed by atoms with van der Waals surface area (Å²) < 4.78 is 0. The van der Waals surface area contributed by atoms with Crippen molar-refractivity contribution in [2.75, 3.05) is 6.54 Å². The van der Waals surface area contributed by atoms with Gasteiger partial charge in [-0.25, -0.2) is 0 Å². The minimum Gasteiger partial charge on any atom is -0.356 e. The Morgan fingerprint density at radius 2 is 1.32 bits per heavy atom. The van der Waals surface area contributed by atoms with Crippen LogP contribution < -0.4 is 5.32 Å². The smallest absolute Gasteiger partial charge is 0.219 e. The van der Waals surface area contributed by atoms with E-state index in [1.165, 1.54) is 64.2 Å². The molecule has 0 aliphatic carbocycles. The van der Waals surface area contributed by atoms with E-state index >= 15 is 0 Å². The summed E-state index contributed by atoms with van der Waals surface area (Å²) in [6.07, 6.45) is 17.1. The third-order valence-electron chi connectivity index (χ3n) is 3.61. The van der Waals surface area contributed by atoms with Gasteiger partial charge in [0.25, 0.3) is 0 Å². The van der Waals surface area contributed by atoms with Crippen molar-refractivity contribution in [1.82, 2.24) is 5.32 Å². The molecule has 19 heavy (non-hydrogen) atoms. The number of unbranched alkanes of at least 4 members (excludes halogenated alkanes) is 8. The van der Waals surface area contributed by atoms with E-state index in [1.807, 2.05) is 0 Å². The van der Waals surface area contributed by atoms with E-state index in [9.17, 15) is 4.79 Å². The molecule has 0 spiro atoms. The van der Waals surface area contributed by atoms with Gasteiger partial charge < -0.3 is 5.32 Å². The first kappa shape index (κ1) is 18.5. The Labute approximate surface area is 120 Å². The van der Waals surface area contributed by atoms with Gasteiger partial charge in [0.1, 0.15) is 0 Å². The standard InChI is InChI=1S/C11H24.C6H11NO/c1-3-5-7-9-11-10-8-6-4-2;8-6-4-2-1-3-5-7-6/h3-11H2,1-2H3;1-5H2,(H,7,8). The number of carbonyl (C=O) groups excluding carboxylic acids is 1. The number of nitrogens with one attached hydrogen (secondary N) is 1. The molecule has 0 saturated carbocycles. The van der Waals surface area contributed by atoms with Gasteiger partial charge in [-0.2, -0.15) is 0 Å². The van der Waals surface area contributed by atoms with Gasteiger partial charge in [-0.05, 0) is 12.8 Å². The summed E-state index contributed by atoms with van der Waals surface area (Å²) in [4.78, 5) is 10.6. The number of amides is 1. The molecule has 1 saturated heterocycles. The maximum Gasteiger partial charge on any atom is 0.219 e. The Morgan fingerprint density at radius 1 is 0.789 bits per heavy atom. The second-order valence-electron chi connectivity index (χ2n) is 5.64. The highest BCUT2D eigenvalue weighted by atomic mass is 16.1. The van der Waals surface area contributed by atoms with Crippen molar-refractivity contribution >= 4 is 5.91 Å². The van der Waals surface area contributed by atoms with Gasteiger partial charge in [0, 0.05) is 13.0 Å². The molecule has 1 heterocycles. The first-order valence-corrected chi connectivity index (χ1v) is 8.58. The Hall–Kier alpha value is -0.530. The lowest BCUT2D eigenvalue weighted by atomic mass is 10.1. The van der Waals surface area contributed by atoms with Gasteiger partial charge in [-0.3, -0.25) is 4.79 Å². The first-order chi connectivity index (χ1) is 9.31. The van der Waals surface area contributed by atoms with Crippen LogP contribution in [0, 0.1) is 0 Å². The maximum atomic E-state index is 10.6. The van der Waals surface area contributed by atoms with E-state index < -0.39 is 0 Å². The van der Waals surface area contributed by atoms with Crippen molar-refractivity contribution in [2.45, 2.75) is 97.3 Å². The van der Waals surface area contributed by atoms with E-state index in [2.05, 4.69) is 19.2 Å². The molecule has 0 aromatic carbocycles. The molecule has 0 atom stereocenters. The minimum atomic E-state index is 0.225. The van der Waals surface area contributed by atoms with Crippen LogP contribution in [0.4, 0.5) is 0 Å². The Morgan fingerprint density at radius 3 is 1.84 bits per heavy atom. The summed E-state index contributed by atoms with van der Waals surface area (Å²) >= 11 is 0. The predicted molar refractivity (Wildman–Crippen MR) is 84.4 cm³/mol. The summed E-state index contributed by atoms with van der Waals surface area (Å²) in [6.45, 7) is 5.44. The molecule has 1 aliphatic heterocycles. The molecule has 0 radical (unpaired) electrons. The topological polar surface area (TPSA) is 29.1 Å². The zero-order valence-electron chi connectivity index (χ0n) is 13.3. The number of carbonyl (C=O) groups is 1. The zero-order valence-corrected chi connectivity index (χ0v) is 13.3. The normalized spacial score (nSPS) is 15.2. The molecule has 0 unspecified atom stereocenters. The zero-order chi connectivity index (χ0) is 14.2. The lowest BCUT2D eigenvalue weighted by Crippen LogP contribution is -2.21. The third-order valence-corrected chi connectivity index (χ3v) is 3.61. The highest BCUT2D eigenvalue weighted by molar-refractivity contribution is 5.75. The van der Waals surface area contributed by atoms with Gasteiger partial charge in [-0.1, -0.05) is 78.1 Å². The molecule has 2 nitrogen and oxygen atoms in total. The van der Waals surface area contributed by atoms with Crippen molar-refractivity contribution in [3.63, 3.8) is 0 Å². The van der Waals surface area contributed by atoms with Crippen molar-refractivity contribution in [1.29, 1.82) is 0 Å². The fraction of sp³-hybridized carbons (Fsp3) is 0.941. The van der Waals surface area contributed by atoms with E-state index in [-0.39, 0.29) is 5.91 Å². The molecule has 114 valence electrons. The minimum absolute atomic E-state index is 0.225. The van der Waals surface area contributed by atoms with Crippen molar-refractivity contribution in [2.24, 2.45) is 0 Å². The monoisotopic (exact) mass is 269 g/mol. The second kappa shape index (κ2) is 15.5. The van der Waals surface area contributed by atoms with Crippen LogP contribution in [0.25, 0.3) is 0 Å². The molecule has 1 amide bonds. The quantitative estimate of drug-likeness (QED) is 0.602. The second-order valence-corrected chi connectivity index (χ2v) is 5.64. The Bertz CT molecular complexity index is 174. The van der Waals surface area contributed by atoms with Gasteiger partial charge in [-0.15, -0.1) is 0 Å². The predicted octanol–water partition coefficient (Wildman–Crippen LogP) is 5.21. The summed E-state index contributed by atoms with van der Waals surface area (Å²) in [5.41, 5.74) is 0. The van der Waals surface area contributed by atoms with E-state index in [0.29, 0.717) is 0 Å². The van der Waals surface area contributed by atoms with Crippen LogP contribution in [0.1, 0.15) is 97.3 Å². The Kier molecular flexibility index (Phi) is 15.1. The highest BCUT2D eigenvalue weighted by Crippen LogP contribution is 2.08. The fourth-order valence-corrected chi connectivity index (χ4v) is 2.29. The van der Waals surface area contributed by atoms with E-state index in [4.69, 9.17) is 0 Å². The van der Waals surface area contributed by atoms with E-state index in [1.54, 1.807) is 0 Å². The lowest BCUT2D eigenvalue weighted by molar-refractivity contribution is -0.120. The molecule has 0 aromatic rings. The fourth-order valence-electron chi connectivity index (χ4n) is 2.29. The summed E-state index contributed by atoms with van der Waals surface area (Å²) in [6, 6.07) is 0. The molecule has 1 rings (SSSR count). The van der Waals surface area contributed by atoms with Gasteiger partial charge in [0.2, 0.25) is 5.91 Å². The van der Waals surface area contributed by atoms with Crippen LogP contribution in [0.15, 0.2) is 0 Å².